The standard InChI is InChI=1S/C19H21N3O2S/c23-18(8-3-10-21-19(24)17-7-4-12-25-17)20-11-9-14-13-22-16-6-2-1-5-15(14)16/h1-2,4-7,12-13,22H,3,8-11H2,(H,20,23)(H,21,24). The molecule has 0 unspecified atom stereocenters. The van der Waals surface area contributed by atoms with Crippen LogP contribution in [0, 0.1) is 0 Å². The lowest BCUT2D eigenvalue weighted by molar-refractivity contribution is -0.121. The molecule has 0 spiro atoms. The average Bonchev–Trinajstić information content (AvgIpc) is 3.29. The minimum Gasteiger partial charge on any atom is -0.361 e. The number of hydrogen-bond acceptors (Lipinski definition) is 3. The summed E-state index contributed by atoms with van der Waals surface area (Å²) in [6, 6.07) is 11.8. The summed E-state index contributed by atoms with van der Waals surface area (Å²) in [5.41, 5.74) is 2.32. The molecule has 2 amide bonds. The lowest BCUT2D eigenvalue weighted by Crippen LogP contribution is -2.28. The second-order valence-corrected chi connectivity index (χ2v) is 6.74. The van der Waals surface area contributed by atoms with Crippen LogP contribution in [0.15, 0.2) is 48.0 Å². The quantitative estimate of drug-likeness (QED) is 0.543. The SMILES string of the molecule is O=C(CCCNC(=O)c1cccs1)NCCc1c[nH]c2ccccc12. The number of benzene rings is 1. The van der Waals surface area contributed by atoms with Gasteiger partial charge in [0.05, 0.1) is 4.88 Å². The summed E-state index contributed by atoms with van der Waals surface area (Å²) < 4.78 is 0. The van der Waals surface area contributed by atoms with E-state index < -0.39 is 0 Å². The molecular formula is C19H21N3O2S. The highest BCUT2D eigenvalue weighted by molar-refractivity contribution is 7.12. The maximum atomic E-state index is 11.9. The van der Waals surface area contributed by atoms with E-state index in [1.807, 2.05) is 35.8 Å². The summed E-state index contributed by atoms with van der Waals surface area (Å²) >= 11 is 1.41. The number of fused-ring (bicyclic) bond motifs is 1. The highest BCUT2D eigenvalue weighted by Gasteiger charge is 2.07. The van der Waals surface area contributed by atoms with Crippen molar-refractivity contribution in [2.75, 3.05) is 13.1 Å². The van der Waals surface area contributed by atoms with E-state index in [1.54, 1.807) is 6.07 Å². The van der Waals surface area contributed by atoms with Crippen LogP contribution in [0.3, 0.4) is 0 Å². The molecule has 3 N–H and O–H groups in total. The largest absolute Gasteiger partial charge is 0.361 e. The first kappa shape index (κ1) is 17.2. The third kappa shape index (κ3) is 4.70. The van der Waals surface area contributed by atoms with Crippen molar-refractivity contribution >= 4 is 34.1 Å². The minimum absolute atomic E-state index is 0.0187. The topological polar surface area (TPSA) is 74.0 Å². The van der Waals surface area contributed by atoms with Crippen LogP contribution in [-0.2, 0) is 11.2 Å². The molecule has 6 heteroatoms. The Hall–Kier alpha value is -2.60. The van der Waals surface area contributed by atoms with E-state index in [9.17, 15) is 9.59 Å². The number of H-pyrrole nitrogens is 1. The molecule has 0 fully saturated rings. The fraction of sp³-hybridized carbons (Fsp3) is 0.263. The molecular weight excluding hydrogens is 334 g/mol. The van der Waals surface area contributed by atoms with Gasteiger partial charge in [0.1, 0.15) is 0 Å². The van der Waals surface area contributed by atoms with Crippen LogP contribution in [-0.4, -0.2) is 29.9 Å². The van der Waals surface area contributed by atoms with Gasteiger partial charge in [0.2, 0.25) is 5.91 Å². The molecule has 2 aromatic heterocycles. The van der Waals surface area contributed by atoms with Crippen LogP contribution in [0.25, 0.3) is 10.9 Å². The van der Waals surface area contributed by atoms with Crippen molar-refractivity contribution in [1.82, 2.24) is 15.6 Å². The summed E-state index contributed by atoms with van der Waals surface area (Å²) in [6.07, 6.45) is 3.84. The number of para-hydroxylation sites is 1. The number of thiophene rings is 1. The predicted molar refractivity (Wildman–Crippen MR) is 101 cm³/mol. The lowest BCUT2D eigenvalue weighted by atomic mass is 10.1. The first-order valence-corrected chi connectivity index (χ1v) is 9.25. The third-order valence-corrected chi connectivity index (χ3v) is 4.87. The van der Waals surface area contributed by atoms with Gasteiger partial charge in [-0.15, -0.1) is 11.3 Å². The minimum atomic E-state index is -0.0743. The molecule has 0 saturated carbocycles. The lowest BCUT2D eigenvalue weighted by Gasteiger charge is -2.06. The first-order chi connectivity index (χ1) is 12.2. The molecule has 0 aliphatic rings. The number of amides is 2. The zero-order valence-electron chi connectivity index (χ0n) is 13.9. The molecule has 3 aromatic rings. The highest BCUT2D eigenvalue weighted by atomic mass is 32.1. The van der Waals surface area contributed by atoms with Crippen LogP contribution >= 0.6 is 11.3 Å². The molecule has 0 bridgehead atoms. The molecule has 0 atom stereocenters. The van der Waals surface area contributed by atoms with E-state index in [-0.39, 0.29) is 11.8 Å². The number of nitrogens with one attached hydrogen (secondary N) is 3. The molecule has 0 saturated heterocycles. The second-order valence-electron chi connectivity index (χ2n) is 5.80. The molecule has 3 rings (SSSR count). The number of rotatable bonds is 8. The fourth-order valence-electron chi connectivity index (χ4n) is 2.71. The molecule has 0 radical (unpaired) electrons. The Kier molecular flexibility index (Phi) is 5.85. The van der Waals surface area contributed by atoms with Crippen LogP contribution < -0.4 is 10.6 Å². The van der Waals surface area contributed by atoms with E-state index in [2.05, 4.69) is 21.7 Å². The van der Waals surface area contributed by atoms with Crippen molar-refractivity contribution in [2.24, 2.45) is 0 Å². The summed E-state index contributed by atoms with van der Waals surface area (Å²) in [6.45, 7) is 1.12. The zero-order chi connectivity index (χ0) is 17.5. The average molecular weight is 355 g/mol. The van der Waals surface area contributed by atoms with Gasteiger partial charge in [0, 0.05) is 36.6 Å². The zero-order valence-corrected chi connectivity index (χ0v) is 14.7. The van der Waals surface area contributed by atoms with Crippen molar-refractivity contribution in [2.45, 2.75) is 19.3 Å². The summed E-state index contributed by atoms with van der Waals surface area (Å²) in [4.78, 5) is 27.6. The van der Waals surface area contributed by atoms with Gasteiger partial charge in [-0.25, -0.2) is 0 Å². The van der Waals surface area contributed by atoms with Gasteiger partial charge in [0.15, 0.2) is 0 Å². The first-order valence-electron chi connectivity index (χ1n) is 8.37. The van der Waals surface area contributed by atoms with Gasteiger partial charge in [-0.3, -0.25) is 9.59 Å². The molecule has 130 valence electrons. The van der Waals surface area contributed by atoms with Gasteiger partial charge in [-0.05, 0) is 35.9 Å². The Morgan fingerprint density at radius 1 is 1.04 bits per heavy atom. The number of aromatic nitrogens is 1. The van der Waals surface area contributed by atoms with Gasteiger partial charge in [-0.2, -0.15) is 0 Å². The third-order valence-electron chi connectivity index (χ3n) is 4.00. The molecule has 0 aliphatic heterocycles. The Morgan fingerprint density at radius 2 is 1.92 bits per heavy atom. The Labute approximate surface area is 150 Å². The maximum Gasteiger partial charge on any atom is 0.261 e. The van der Waals surface area contributed by atoms with Crippen molar-refractivity contribution in [3.63, 3.8) is 0 Å². The molecule has 1 aromatic carbocycles. The van der Waals surface area contributed by atoms with E-state index in [0.717, 1.165) is 11.9 Å². The second kappa shape index (κ2) is 8.48. The smallest absolute Gasteiger partial charge is 0.261 e. The molecule has 0 aliphatic carbocycles. The van der Waals surface area contributed by atoms with Crippen LogP contribution in [0.4, 0.5) is 0 Å². The number of hydrogen-bond donors (Lipinski definition) is 3. The van der Waals surface area contributed by atoms with E-state index in [0.29, 0.717) is 30.8 Å². The van der Waals surface area contributed by atoms with Crippen molar-refractivity contribution in [3.05, 3.63) is 58.4 Å². The number of carbonyl (C=O) groups is 2. The van der Waals surface area contributed by atoms with Gasteiger partial charge in [-0.1, -0.05) is 24.3 Å². The number of aromatic amines is 1. The van der Waals surface area contributed by atoms with Crippen molar-refractivity contribution in [1.29, 1.82) is 0 Å². The van der Waals surface area contributed by atoms with Crippen molar-refractivity contribution in [3.8, 4) is 0 Å². The Morgan fingerprint density at radius 3 is 2.76 bits per heavy atom. The summed E-state index contributed by atoms with van der Waals surface area (Å²) in [5, 5.41) is 8.84. The van der Waals surface area contributed by atoms with Gasteiger partial charge < -0.3 is 15.6 Å². The molecule has 5 nitrogen and oxygen atoms in total. The predicted octanol–water partition coefficient (Wildman–Crippen LogP) is 3.10. The van der Waals surface area contributed by atoms with Gasteiger partial charge in [0.25, 0.3) is 5.91 Å². The number of carbonyl (C=O) groups excluding carboxylic acids is 2. The molecule has 2 heterocycles. The van der Waals surface area contributed by atoms with E-state index >= 15 is 0 Å². The summed E-state index contributed by atoms with van der Waals surface area (Å²) in [7, 11) is 0. The van der Waals surface area contributed by atoms with Crippen molar-refractivity contribution < 1.29 is 9.59 Å². The summed E-state index contributed by atoms with van der Waals surface area (Å²) in [5.74, 6) is -0.0556. The van der Waals surface area contributed by atoms with E-state index in [4.69, 9.17) is 0 Å². The van der Waals surface area contributed by atoms with Gasteiger partial charge >= 0.3 is 0 Å². The van der Waals surface area contributed by atoms with Crippen LogP contribution in [0.2, 0.25) is 0 Å². The maximum absolute atomic E-state index is 11.9. The Bertz CT molecular complexity index is 839. The molecule has 25 heavy (non-hydrogen) atoms. The normalized spacial score (nSPS) is 10.7. The Balaban J connectivity index is 1.32. The highest BCUT2D eigenvalue weighted by Crippen LogP contribution is 2.17. The van der Waals surface area contributed by atoms with E-state index in [1.165, 1.54) is 22.3 Å². The van der Waals surface area contributed by atoms with Crippen LogP contribution in [0.5, 0.6) is 0 Å². The van der Waals surface area contributed by atoms with Crippen LogP contribution in [0.1, 0.15) is 28.1 Å². The monoisotopic (exact) mass is 355 g/mol. The fourth-order valence-corrected chi connectivity index (χ4v) is 3.35.